The summed E-state index contributed by atoms with van der Waals surface area (Å²) in [6.07, 6.45) is -70.2. The van der Waals surface area contributed by atoms with Crippen molar-refractivity contribution >= 4 is 0 Å². The summed E-state index contributed by atoms with van der Waals surface area (Å²) in [6, 6.07) is 0. The Kier molecular flexibility index (Phi) is 20.8. The van der Waals surface area contributed by atoms with E-state index in [2.05, 4.69) is 0 Å². The Morgan fingerprint density at radius 1 is 0.156 bits per heavy atom. The first-order valence-corrected chi connectivity index (χ1v) is 24.6. The first-order chi connectivity index (χ1) is 36.7. The van der Waals surface area contributed by atoms with Crippen LogP contribution in [0.3, 0.4) is 0 Å². The van der Waals surface area contributed by atoms with Crippen molar-refractivity contribution in [3.8, 4) is 0 Å². The molecule has 0 radical (unpaired) electrons. The Balaban J connectivity index is 1.08. The number of hydrogen-bond donors (Lipinski definition) is 21. The van der Waals surface area contributed by atoms with Gasteiger partial charge >= 0.3 is 0 Å². The molecule has 35 atom stereocenters. The first kappa shape index (κ1) is 61.7. The molecule has 21 aliphatic heterocycles. The fourth-order valence-electron chi connectivity index (χ4n) is 10.4. The van der Waals surface area contributed by atoms with Gasteiger partial charge in [0.15, 0.2) is 44.0 Å². The van der Waals surface area contributed by atoms with Crippen molar-refractivity contribution in [3.05, 3.63) is 0 Å². The monoisotopic (exact) mass is 1130 g/mol. The largest absolute Gasteiger partial charge is 0.394 e. The number of aliphatic hydroxyl groups excluding tert-OH is 21. The van der Waals surface area contributed by atoms with Crippen molar-refractivity contribution in [1.82, 2.24) is 0 Å². The van der Waals surface area contributed by atoms with Gasteiger partial charge in [-0.1, -0.05) is 0 Å². The Labute approximate surface area is 434 Å². The predicted octanol–water partition coefficient (Wildman–Crippen LogP) is -15.2. The topological polar surface area (TPSA) is 554 Å². The van der Waals surface area contributed by atoms with Crippen LogP contribution in [-0.2, 0) is 66.3 Å². The summed E-state index contributed by atoms with van der Waals surface area (Å²) in [5, 5.41) is 230. The van der Waals surface area contributed by atoms with Gasteiger partial charge in [0.2, 0.25) is 0 Å². The number of rotatable bonds is 7. The van der Waals surface area contributed by atoms with Crippen LogP contribution in [0, 0.1) is 0 Å². The van der Waals surface area contributed by atoms with E-state index in [0.29, 0.717) is 0 Å². The van der Waals surface area contributed by atoms with E-state index in [0.717, 1.165) is 0 Å². The minimum absolute atomic E-state index is 1.05. The highest BCUT2D eigenvalue weighted by molar-refractivity contribution is 5.01. The lowest BCUT2D eigenvalue weighted by molar-refractivity contribution is -0.396. The molecule has 0 aliphatic carbocycles. The maximum atomic E-state index is 11.3. The van der Waals surface area contributed by atoms with Crippen LogP contribution in [0.4, 0.5) is 0 Å². The number of ether oxygens (including phenoxy) is 14. The van der Waals surface area contributed by atoms with Gasteiger partial charge in [-0.15, -0.1) is 0 Å². The number of hydrogen-bond acceptors (Lipinski definition) is 35. The van der Waals surface area contributed by atoms with Crippen molar-refractivity contribution in [2.24, 2.45) is 0 Å². The van der Waals surface area contributed by atoms with E-state index in [1.165, 1.54) is 0 Å². The number of aliphatic hydroxyl groups is 21. The Morgan fingerprint density at radius 3 is 0.351 bits per heavy atom. The van der Waals surface area contributed by atoms with Crippen LogP contribution in [0.2, 0.25) is 0 Å². The smallest absolute Gasteiger partial charge is 0.187 e. The van der Waals surface area contributed by atoms with Crippen molar-refractivity contribution in [3.63, 3.8) is 0 Å². The summed E-state index contributed by atoms with van der Waals surface area (Å²) in [6.45, 7) is -7.33. The van der Waals surface area contributed by atoms with E-state index in [9.17, 15) is 107 Å². The molecule has 35 heteroatoms. The third-order valence-electron chi connectivity index (χ3n) is 14.8. The molecule has 21 saturated heterocycles. The highest BCUT2D eigenvalue weighted by Crippen LogP contribution is 2.39. The van der Waals surface area contributed by atoms with E-state index in [1.54, 1.807) is 0 Å². The quantitative estimate of drug-likeness (QED) is 0.113. The molecule has 14 bridgehead atoms. The van der Waals surface area contributed by atoms with Gasteiger partial charge in [0, 0.05) is 0 Å². The lowest BCUT2D eigenvalue weighted by Crippen LogP contribution is -2.68. The second kappa shape index (κ2) is 26.0. The Hall–Kier alpha value is -1.40. The van der Waals surface area contributed by atoms with E-state index >= 15 is 0 Å². The molecule has 0 aromatic carbocycles. The van der Waals surface area contributed by atoms with E-state index in [-0.39, 0.29) is 0 Å². The zero-order chi connectivity index (χ0) is 56.1. The molecule has 0 aromatic heterocycles. The van der Waals surface area contributed by atoms with Crippen molar-refractivity contribution in [2.45, 2.75) is 215 Å². The van der Waals surface area contributed by atoms with Gasteiger partial charge in [-0.2, -0.15) is 0 Å². The fourth-order valence-corrected chi connectivity index (χ4v) is 10.4. The lowest BCUT2D eigenvalue weighted by Gasteiger charge is -2.50. The third kappa shape index (κ3) is 12.1. The summed E-state index contributed by atoms with van der Waals surface area (Å²) in [4.78, 5) is 0. The first-order valence-electron chi connectivity index (χ1n) is 24.6. The Bertz CT molecular complexity index is 1470. The van der Waals surface area contributed by atoms with E-state index in [1.807, 2.05) is 0 Å². The molecule has 0 amide bonds. The van der Waals surface area contributed by atoms with Crippen LogP contribution >= 0.6 is 0 Å². The fraction of sp³-hybridized carbons (Fsp3) is 1.00. The van der Waals surface area contributed by atoms with Gasteiger partial charge in [-0.25, -0.2) is 0 Å². The van der Waals surface area contributed by atoms with Crippen molar-refractivity contribution in [2.75, 3.05) is 46.2 Å². The molecule has 21 heterocycles. The second-order valence-corrected chi connectivity index (χ2v) is 19.7. The molecular formula is C42H70O35. The summed E-state index contributed by atoms with van der Waals surface area (Å²) in [5.41, 5.74) is 0. The van der Waals surface area contributed by atoms with Crippen molar-refractivity contribution < 1.29 is 174 Å². The summed E-state index contributed by atoms with van der Waals surface area (Å²) < 4.78 is 79.5. The highest BCUT2D eigenvalue weighted by Gasteiger charge is 2.59. The molecule has 0 saturated carbocycles. The molecule has 21 fully saturated rings. The van der Waals surface area contributed by atoms with Gasteiger partial charge in [-0.05, 0) is 0 Å². The third-order valence-corrected chi connectivity index (χ3v) is 14.8. The van der Waals surface area contributed by atoms with E-state index < -0.39 is 261 Å². The molecule has 0 spiro atoms. The molecule has 448 valence electrons. The van der Waals surface area contributed by atoms with Gasteiger partial charge in [0.25, 0.3) is 0 Å². The lowest BCUT2D eigenvalue weighted by atomic mass is 9.95. The van der Waals surface area contributed by atoms with Crippen LogP contribution in [0.15, 0.2) is 0 Å². The predicted molar refractivity (Wildman–Crippen MR) is 228 cm³/mol. The summed E-state index contributed by atoms with van der Waals surface area (Å²) in [5.74, 6) is 0. The molecule has 21 N–H and O–H groups in total. The van der Waals surface area contributed by atoms with Crippen LogP contribution in [0.25, 0.3) is 0 Å². The maximum Gasteiger partial charge on any atom is 0.187 e. The average molecular weight is 1130 g/mol. The second-order valence-electron chi connectivity index (χ2n) is 19.7. The summed E-state index contributed by atoms with van der Waals surface area (Å²) >= 11 is 0. The van der Waals surface area contributed by atoms with Gasteiger partial charge in [0.05, 0.1) is 46.2 Å². The minimum Gasteiger partial charge on any atom is -0.394 e. The molecule has 21 aliphatic rings. The molecule has 77 heavy (non-hydrogen) atoms. The maximum absolute atomic E-state index is 11.3. The minimum atomic E-state index is -2.21. The van der Waals surface area contributed by atoms with Crippen molar-refractivity contribution in [1.29, 1.82) is 0 Å². The molecule has 35 nitrogen and oxygen atoms in total. The van der Waals surface area contributed by atoms with Gasteiger partial charge in [-0.3, -0.25) is 0 Å². The standard InChI is InChI=1S/C42H70O35/c43-1-8-29-15(50)22(57)36(64-8)72-30-9(2-44)66-38(24(59)17(30)52)74-32-11(4-46)68-40(26(61)19(32)54)76-34-13(6-48)70-42(28(63)21(34)56)77-35-14(7-49)69-41(27(62)20(35)55)75-33-12(5-47)67-39(25(60)18(33)53)73-31-10(3-45)65-37(71-29)23(58)16(31)51/h8-63H,1-7H2/t8-,9-,10-,11-,12-,13-,14-,15-,16-,17-,18-,19-,20-,21-,22-,23-,24-,25-,26-,27?,28?,29-,30-,31-,32-,33-,34-,35-,36-,37-,38-,39-,40-,41-,42-/m1/s1. The molecule has 2 unspecified atom stereocenters. The van der Waals surface area contributed by atoms with Crippen LogP contribution in [0.1, 0.15) is 0 Å². The van der Waals surface area contributed by atoms with Crippen LogP contribution in [0.5, 0.6) is 0 Å². The van der Waals surface area contributed by atoms with E-state index in [4.69, 9.17) is 66.3 Å². The normalized spacial score (nSPS) is 55.4. The Morgan fingerprint density at radius 2 is 0.260 bits per heavy atom. The van der Waals surface area contributed by atoms with Gasteiger partial charge < -0.3 is 174 Å². The summed E-state index contributed by atoms with van der Waals surface area (Å²) in [7, 11) is 0. The molecular weight excluding hydrogens is 1060 g/mol. The van der Waals surface area contributed by atoms with Crippen LogP contribution in [-0.4, -0.2) is 368 Å². The van der Waals surface area contributed by atoms with Gasteiger partial charge in [0.1, 0.15) is 171 Å². The SMILES string of the molecule is OC[C@H]1O[C@@H]2O[C@H]3[C@H](O)[C@@H](O)[C@@H](O[C@H]4[C@H](O)[C@@H](O)[C@@H](O[C@H]5[C@H](O)[C@@H](O)[C@@H](O[C@H]6[C@H](O)[C@@H](O)[C@@H](O[C@H]7[C@H](O)C(O)[C@@H](O[C@H]8[C@H](O)C(O)[C@@H](O[C@H]1[C@H](O)[C@H]2O)O[C@@H]8CO)O[C@@H]7CO)O[C@@H]6CO)O[C@@H]5CO)O[C@@H]4CO)O[C@@H]3CO. The zero-order valence-electron chi connectivity index (χ0n) is 40.3. The zero-order valence-corrected chi connectivity index (χ0v) is 40.3. The molecule has 21 rings (SSSR count). The highest BCUT2D eigenvalue weighted by atomic mass is 16.8. The average Bonchev–Trinajstić information content (AvgIpc) is 3.45. The van der Waals surface area contributed by atoms with Crippen LogP contribution < -0.4 is 0 Å². The molecule has 0 aromatic rings.